The van der Waals surface area contributed by atoms with Crippen LogP contribution in [0.2, 0.25) is 0 Å². The monoisotopic (exact) mass is 354 g/mol. The van der Waals surface area contributed by atoms with Crippen LogP contribution in [-0.4, -0.2) is 27.1 Å². The number of carbonyl (C=O) groups excluding carboxylic acids is 1. The molecule has 0 N–H and O–H groups in total. The van der Waals surface area contributed by atoms with Gasteiger partial charge in [-0.15, -0.1) is 0 Å². The molecule has 0 bridgehead atoms. The molecule has 0 aliphatic carbocycles. The Balaban J connectivity index is 2.46. The number of benzene rings is 2. The van der Waals surface area contributed by atoms with Gasteiger partial charge in [0.1, 0.15) is 34.0 Å². The summed E-state index contributed by atoms with van der Waals surface area (Å²) in [6.07, 6.45) is 0. The van der Waals surface area contributed by atoms with Crippen LogP contribution < -0.4 is 19.6 Å². The lowest BCUT2D eigenvalue weighted by molar-refractivity contribution is 0.101. The second-order valence-electron chi connectivity index (χ2n) is 5.59. The predicted octanol–water partition coefficient (Wildman–Crippen LogP) is 3.69. The SMILES string of the molecule is COc1ccccc1-c1cc(=O)c2c(OC)cc(OC)c(C(C)=O)c2o1. The maximum absolute atomic E-state index is 12.8. The number of fused-ring (bicyclic) bond motifs is 1. The minimum atomic E-state index is -0.325. The molecule has 3 aromatic rings. The van der Waals surface area contributed by atoms with E-state index in [1.165, 1.54) is 40.4 Å². The molecule has 1 aromatic heterocycles. The van der Waals surface area contributed by atoms with Crippen LogP contribution in [-0.2, 0) is 0 Å². The van der Waals surface area contributed by atoms with Crippen molar-refractivity contribution < 1.29 is 23.4 Å². The molecule has 0 amide bonds. The standard InChI is InChI=1S/C20H18O6/c1-11(21)18-16(24-3)10-17(25-4)19-13(22)9-15(26-20(18)19)12-7-5-6-8-14(12)23-2/h5-10H,1-4H3. The van der Waals surface area contributed by atoms with Crippen molar-refractivity contribution in [2.45, 2.75) is 6.92 Å². The second-order valence-corrected chi connectivity index (χ2v) is 5.59. The number of ether oxygens (including phenoxy) is 3. The smallest absolute Gasteiger partial charge is 0.197 e. The Bertz CT molecular complexity index is 1050. The van der Waals surface area contributed by atoms with Crippen LogP contribution in [0.25, 0.3) is 22.3 Å². The topological polar surface area (TPSA) is 75.0 Å². The van der Waals surface area contributed by atoms with Crippen LogP contribution in [0, 0.1) is 0 Å². The van der Waals surface area contributed by atoms with Gasteiger partial charge in [-0.05, 0) is 19.1 Å². The van der Waals surface area contributed by atoms with E-state index in [2.05, 4.69) is 0 Å². The van der Waals surface area contributed by atoms with E-state index in [4.69, 9.17) is 18.6 Å². The summed E-state index contributed by atoms with van der Waals surface area (Å²) < 4.78 is 21.9. The summed E-state index contributed by atoms with van der Waals surface area (Å²) in [5, 5.41) is 0.192. The first-order valence-electron chi connectivity index (χ1n) is 7.89. The molecule has 134 valence electrons. The van der Waals surface area contributed by atoms with E-state index in [-0.39, 0.29) is 45.0 Å². The van der Waals surface area contributed by atoms with Crippen LogP contribution in [0.5, 0.6) is 17.2 Å². The fourth-order valence-corrected chi connectivity index (χ4v) is 2.91. The maximum atomic E-state index is 12.8. The minimum Gasteiger partial charge on any atom is -0.496 e. The molecule has 1 heterocycles. The first-order valence-corrected chi connectivity index (χ1v) is 7.89. The zero-order chi connectivity index (χ0) is 18.8. The zero-order valence-electron chi connectivity index (χ0n) is 14.9. The molecule has 0 unspecified atom stereocenters. The Kier molecular flexibility index (Phi) is 4.67. The van der Waals surface area contributed by atoms with Crippen LogP contribution >= 0.6 is 0 Å². The number of rotatable bonds is 5. The lowest BCUT2D eigenvalue weighted by Gasteiger charge is -2.14. The fraction of sp³-hybridized carbons (Fsp3) is 0.200. The lowest BCUT2D eigenvalue weighted by atomic mass is 10.0. The maximum Gasteiger partial charge on any atom is 0.197 e. The van der Waals surface area contributed by atoms with Gasteiger partial charge in [-0.2, -0.15) is 0 Å². The van der Waals surface area contributed by atoms with Crippen molar-refractivity contribution in [2.24, 2.45) is 0 Å². The van der Waals surface area contributed by atoms with Crippen molar-refractivity contribution in [3.05, 3.63) is 52.2 Å². The number of carbonyl (C=O) groups is 1. The van der Waals surface area contributed by atoms with Crippen molar-refractivity contribution >= 4 is 16.8 Å². The van der Waals surface area contributed by atoms with E-state index < -0.39 is 0 Å². The number of hydrogen-bond acceptors (Lipinski definition) is 6. The highest BCUT2D eigenvalue weighted by molar-refractivity contribution is 6.09. The van der Waals surface area contributed by atoms with Crippen molar-refractivity contribution in [3.63, 3.8) is 0 Å². The van der Waals surface area contributed by atoms with Crippen molar-refractivity contribution in [3.8, 4) is 28.6 Å². The van der Waals surface area contributed by atoms with E-state index >= 15 is 0 Å². The Morgan fingerprint density at radius 1 is 0.923 bits per heavy atom. The van der Waals surface area contributed by atoms with Crippen molar-refractivity contribution in [1.29, 1.82) is 0 Å². The average molecular weight is 354 g/mol. The van der Waals surface area contributed by atoms with Crippen LogP contribution in [0.1, 0.15) is 17.3 Å². The normalized spacial score (nSPS) is 10.6. The molecule has 0 aliphatic rings. The zero-order valence-corrected chi connectivity index (χ0v) is 14.9. The molecule has 0 atom stereocenters. The molecule has 0 radical (unpaired) electrons. The summed E-state index contributed by atoms with van der Waals surface area (Å²) in [4.78, 5) is 25.0. The van der Waals surface area contributed by atoms with Crippen molar-refractivity contribution in [1.82, 2.24) is 0 Å². The van der Waals surface area contributed by atoms with Gasteiger partial charge >= 0.3 is 0 Å². The van der Waals surface area contributed by atoms with Gasteiger partial charge in [-0.25, -0.2) is 0 Å². The van der Waals surface area contributed by atoms with Gasteiger partial charge in [0.2, 0.25) is 0 Å². The number of Topliss-reactive ketones (excluding diaryl/α,β-unsaturated/α-hetero) is 1. The summed E-state index contributed by atoms with van der Waals surface area (Å²) in [5.74, 6) is 1.12. The van der Waals surface area contributed by atoms with Gasteiger partial charge in [0, 0.05) is 12.1 Å². The average Bonchev–Trinajstić information content (AvgIpc) is 2.65. The molecule has 6 nitrogen and oxygen atoms in total. The third kappa shape index (κ3) is 2.79. The Morgan fingerprint density at radius 3 is 2.19 bits per heavy atom. The first-order chi connectivity index (χ1) is 12.5. The van der Waals surface area contributed by atoms with Crippen LogP contribution in [0.4, 0.5) is 0 Å². The largest absolute Gasteiger partial charge is 0.496 e. The van der Waals surface area contributed by atoms with E-state index in [1.807, 2.05) is 6.07 Å². The summed E-state index contributed by atoms with van der Waals surface area (Å²) in [7, 11) is 4.41. The minimum absolute atomic E-state index is 0.127. The number of para-hydroxylation sites is 1. The third-order valence-corrected chi connectivity index (χ3v) is 4.09. The van der Waals surface area contributed by atoms with Crippen molar-refractivity contribution in [2.75, 3.05) is 21.3 Å². The molecule has 0 aliphatic heterocycles. The molecule has 6 heteroatoms. The second kappa shape index (κ2) is 6.92. The van der Waals surface area contributed by atoms with E-state index in [1.54, 1.807) is 18.2 Å². The van der Waals surface area contributed by atoms with E-state index in [9.17, 15) is 9.59 Å². The van der Waals surface area contributed by atoms with Gasteiger partial charge < -0.3 is 18.6 Å². The van der Waals surface area contributed by atoms with Gasteiger partial charge in [-0.3, -0.25) is 9.59 Å². The molecule has 0 saturated heterocycles. The van der Waals surface area contributed by atoms with Gasteiger partial charge in [0.15, 0.2) is 16.8 Å². The fourth-order valence-electron chi connectivity index (χ4n) is 2.91. The van der Waals surface area contributed by atoms with Gasteiger partial charge in [0.05, 0.1) is 26.9 Å². The van der Waals surface area contributed by atoms with Gasteiger partial charge in [-0.1, -0.05) is 12.1 Å². The van der Waals surface area contributed by atoms with E-state index in [0.717, 1.165) is 0 Å². The summed E-state index contributed by atoms with van der Waals surface area (Å²) in [6.45, 7) is 1.39. The molecule has 3 rings (SSSR count). The summed E-state index contributed by atoms with van der Waals surface area (Å²) >= 11 is 0. The van der Waals surface area contributed by atoms with E-state index in [0.29, 0.717) is 11.3 Å². The Hall–Kier alpha value is -3.28. The highest BCUT2D eigenvalue weighted by Crippen LogP contribution is 2.37. The van der Waals surface area contributed by atoms with Gasteiger partial charge in [0.25, 0.3) is 0 Å². The lowest BCUT2D eigenvalue weighted by Crippen LogP contribution is -2.08. The predicted molar refractivity (Wildman–Crippen MR) is 97.6 cm³/mol. The molecule has 0 saturated carbocycles. The highest BCUT2D eigenvalue weighted by atomic mass is 16.5. The summed E-state index contributed by atoms with van der Waals surface area (Å²) in [5.41, 5.74) is 0.596. The number of ketones is 1. The molecule has 2 aromatic carbocycles. The molecule has 0 spiro atoms. The number of hydrogen-bond donors (Lipinski definition) is 0. The molecule has 26 heavy (non-hydrogen) atoms. The van der Waals surface area contributed by atoms with Crippen LogP contribution in [0.15, 0.2) is 45.6 Å². The van der Waals surface area contributed by atoms with Crippen LogP contribution in [0.3, 0.4) is 0 Å². The molecular weight excluding hydrogens is 336 g/mol. The highest BCUT2D eigenvalue weighted by Gasteiger charge is 2.23. The third-order valence-electron chi connectivity index (χ3n) is 4.09. The Labute approximate surface area is 149 Å². The first kappa shape index (κ1) is 17.5. The summed E-state index contributed by atoms with van der Waals surface area (Å²) in [6, 6.07) is 10.0. The Morgan fingerprint density at radius 2 is 1.58 bits per heavy atom. The molecule has 0 fully saturated rings. The quantitative estimate of drug-likeness (QED) is 0.651. The molecular formula is C20H18O6. The number of methoxy groups -OCH3 is 3.